The van der Waals surface area contributed by atoms with Crippen molar-refractivity contribution < 1.29 is 22.8 Å². The van der Waals surface area contributed by atoms with E-state index >= 15 is 0 Å². The van der Waals surface area contributed by atoms with Gasteiger partial charge in [0.1, 0.15) is 22.5 Å². The molecule has 31 heavy (non-hydrogen) atoms. The highest BCUT2D eigenvalue weighted by molar-refractivity contribution is 6.18. The normalized spacial score (nSPS) is 11.2. The number of para-hydroxylation sites is 1. The minimum absolute atomic E-state index is 0.0181. The van der Waals surface area contributed by atoms with Gasteiger partial charge in [0, 0.05) is 11.1 Å². The van der Waals surface area contributed by atoms with Crippen LogP contribution in [0.15, 0.2) is 86.4 Å². The molecular weight excluding hydrogens is 399 g/mol. The maximum Gasteiger partial charge on any atom is 0.348 e. The van der Waals surface area contributed by atoms with Crippen LogP contribution in [-0.2, 0) is 0 Å². The molecule has 0 radical (unpaired) electrons. The summed E-state index contributed by atoms with van der Waals surface area (Å²) in [6.45, 7) is 0. The summed E-state index contributed by atoms with van der Waals surface area (Å²) in [6, 6.07) is 19.0. The SMILES string of the molecule is COc1ccc(C(=O)c2oc3c(c2-c2ccc(F)cc2)c(=O)oc2ccccc23)cc1. The Kier molecular flexibility index (Phi) is 4.40. The molecule has 2 heterocycles. The number of ketones is 1. The largest absolute Gasteiger partial charge is 0.497 e. The fourth-order valence-corrected chi connectivity index (χ4v) is 3.64. The maximum atomic E-state index is 13.5. The number of fused-ring (bicyclic) bond motifs is 3. The number of hydrogen-bond acceptors (Lipinski definition) is 5. The van der Waals surface area contributed by atoms with Crippen molar-refractivity contribution in [3.63, 3.8) is 0 Å². The summed E-state index contributed by atoms with van der Waals surface area (Å²) in [5.41, 5.74) is 1.07. The van der Waals surface area contributed by atoms with E-state index < -0.39 is 17.2 Å². The molecule has 3 aromatic carbocycles. The molecule has 0 saturated heterocycles. The molecule has 0 N–H and O–H groups in total. The highest BCUT2D eigenvalue weighted by Gasteiger charge is 2.27. The number of carbonyl (C=O) groups excluding carboxylic acids is 1. The molecule has 5 nitrogen and oxygen atoms in total. The number of carbonyl (C=O) groups is 1. The summed E-state index contributed by atoms with van der Waals surface area (Å²) in [5, 5.41) is 0.705. The molecule has 5 aromatic rings. The zero-order valence-corrected chi connectivity index (χ0v) is 16.3. The van der Waals surface area contributed by atoms with Crippen LogP contribution in [0.2, 0.25) is 0 Å². The van der Waals surface area contributed by atoms with Gasteiger partial charge in [-0.25, -0.2) is 9.18 Å². The van der Waals surface area contributed by atoms with Crippen LogP contribution >= 0.6 is 0 Å². The van der Waals surface area contributed by atoms with Gasteiger partial charge in [-0.1, -0.05) is 24.3 Å². The van der Waals surface area contributed by atoms with Crippen molar-refractivity contribution in [1.82, 2.24) is 0 Å². The fraction of sp³-hybridized carbons (Fsp3) is 0.0400. The Morgan fingerprint density at radius 1 is 0.903 bits per heavy atom. The summed E-state index contributed by atoms with van der Waals surface area (Å²) >= 11 is 0. The number of benzene rings is 3. The molecule has 0 spiro atoms. The van der Waals surface area contributed by atoms with Gasteiger partial charge >= 0.3 is 5.63 Å². The lowest BCUT2D eigenvalue weighted by Crippen LogP contribution is -2.03. The minimum atomic E-state index is -0.634. The zero-order valence-electron chi connectivity index (χ0n) is 16.3. The molecule has 0 aliphatic rings. The van der Waals surface area contributed by atoms with E-state index in [1.54, 1.807) is 48.5 Å². The molecule has 0 unspecified atom stereocenters. The minimum Gasteiger partial charge on any atom is -0.497 e. The summed E-state index contributed by atoms with van der Waals surface area (Å²) in [4.78, 5) is 26.3. The first-order valence-corrected chi connectivity index (χ1v) is 9.50. The van der Waals surface area contributed by atoms with Gasteiger partial charge in [-0.05, 0) is 54.1 Å². The zero-order chi connectivity index (χ0) is 21.5. The summed E-state index contributed by atoms with van der Waals surface area (Å²) in [6.07, 6.45) is 0. The third-order valence-corrected chi connectivity index (χ3v) is 5.14. The van der Waals surface area contributed by atoms with Gasteiger partial charge in [0.15, 0.2) is 11.3 Å². The lowest BCUT2D eigenvalue weighted by molar-refractivity contribution is 0.101. The second-order valence-electron chi connectivity index (χ2n) is 6.96. The molecule has 0 saturated carbocycles. The van der Waals surface area contributed by atoms with Gasteiger partial charge in [-0.15, -0.1) is 0 Å². The van der Waals surface area contributed by atoms with Crippen LogP contribution in [-0.4, -0.2) is 12.9 Å². The van der Waals surface area contributed by atoms with Gasteiger partial charge in [0.05, 0.1) is 12.5 Å². The molecule has 0 fully saturated rings. The second kappa shape index (κ2) is 7.25. The lowest BCUT2D eigenvalue weighted by Gasteiger charge is -2.04. The van der Waals surface area contributed by atoms with Crippen LogP contribution in [0.3, 0.4) is 0 Å². The molecule has 2 aromatic heterocycles. The molecule has 0 aliphatic carbocycles. The van der Waals surface area contributed by atoms with E-state index in [1.165, 1.54) is 31.4 Å². The molecule has 152 valence electrons. The molecule has 0 aliphatic heterocycles. The first-order chi connectivity index (χ1) is 15.1. The number of ether oxygens (including phenoxy) is 1. The third-order valence-electron chi connectivity index (χ3n) is 5.14. The van der Waals surface area contributed by atoms with E-state index in [2.05, 4.69) is 0 Å². The Balaban J connectivity index is 1.84. The van der Waals surface area contributed by atoms with Crippen molar-refractivity contribution in [3.8, 4) is 16.9 Å². The Morgan fingerprint density at radius 2 is 1.61 bits per heavy atom. The average molecular weight is 414 g/mol. The van der Waals surface area contributed by atoms with Crippen LogP contribution in [0.25, 0.3) is 33.1 Å². The van der Waals surface area contributed by atoms with Crippen molar-refractivity contribution >= 4 is 27.7 Å². The Morgan fingerprint density at radius 3 is 2.32 bits per heavy atom. The molecule has 0 amide bonds. The van der Waals surface area contributed by atoms with Crippen LogP contribution in [0, 0.1) is 5.82 Å². The monoisotopic (exact) mass is 414 g/mol. The van der Waals surface area contributed by atoms with Gasteiger partial charge in [-0.2, -0.15) is 0 Å². The third kappa shape index (κ3) is 3.09. The van der Waals surface area contributed by atoms with E-state index in [0.717, 1.165) is 0 Å². The molecule has 0 atom stereocenters. The molecule has 6 heteroatoms. The van der Waals surface area contributed by atoms with E-state index in [9.17, 15) is 14.0 Å². The standard InChI is InChI=1S/C25H15FO5/c1-29-17-12-8-15(9-13-17)22(27)24-20(14-6-10-16(26)11-7-14)21-23(31-24)18-4-2-3-5-19(18)30-25(21)28/h2-13H,1H3. The summed E-state index contributed by atoms with van der Waals surface area (Å²) in [7, 11) is 1.53. The maximum absolute atomic E-state index is 13.5. The van der Waals surface area contributed by atoms with Gasteiger partial charge in [0.2, 0.25) is 5.78 Å². The van der Waals surface area contributed by atoms with Crippen molar-refractivity contribution in [2.24, 2.45) is 0 Å². The highest BCUT2D eigenvalue weighted by atomic mass is 19.1. The first kappa shape index (κ1) is 18.8. The average Bonchev–Trinajstić information content (AvgIpc) is 3.21. The summed E-state index contributed by atoms with van der Waals surface area (Å²) in [5.74, 6) is -0.263. The van der Waals surface area contributed by atoms with Crippen molar-refractivity contribution in [1.29, 1.82) is 0 Å². The van der Waals surface area contributed by atoms with Crippen LogP contribution < -0.4 is 10.4 Å². The Hall–Kier alpha value is -4.19. The lowest BCUT2D eigenvalue weighted by atomic mass is 9.98. The van der Waals surface area contributed by atoms with Gasteiger partial charge in [0.25, 0.3) is 0 Å². The topological polar surface area (TPSA) is 69.7 Å². The van der Waals surface area contributed by atoms with E-state index in [0.29, 0.717) is 27.8 Å². The van der Waals surface area contributed by atoms with Crippen LogP contribution in [0.1, 0.15) is 16.1 Å². The summed E-state index contributed by atoms with van der Waals surface area (Å²) < 4.78 is 30.2. The Labute approximate surface area is 175 Å². The van der Waals surface area contributed by atoms with Crippen molar-refractivity contribution in [3.05, 3.63) is 100 Å². The second-order valence-corrected chi connectivity index (χ2v) is 6.96. The number of halogens is 1. The predicted molar refractivity (Wildman–Crippen MR) is 114 cm³/mol. The van der Waals surface area contributed by atoms with Gasteiger partial charge in [-0.3, -0.25) is 4.79 Å². The van der Waals surface area contributed by atoms with Crippen LogP contribution in [0.4, 0.5) is 4.39 Å². The first-order valence-electron chi connectivity index (χ1n) is 9.50. The van der Waals surface area contributed by atoms with E-state index in [-0.39, 0.29) is 22.3 Å². The number of rotatable bonds is 4. The Bertz CT molecular complexity index is 1490. The smallest absolute Gasteiger partial charge is 0.348 e. The molecular formula is C25H15FO5. The fourth-order valence-electron chi connectivity index (χ4n) is 3.64. The highest BCUT2D eigenvalue weighted by Crippen LogP contribution is 2.37. The van der Waals surface area contributed by atoms with E-state index in [1.807, 2.05) is 0 Å². The predicted octanol–water partition coefficient (Wildman–Crippen LogP) is 5.58. The van der Waals surface area contributed by atoms with Crippen LogP contribution in [0.5, 0.6) is 5.75 Å². The van der Waals surface area contributed by atoms with E-state index in [4.69, 9.17) is 13.6 Å². The van der Waals surface area contributed by atoms with Crippen molar-refractivity contribution in [2.75, 3.05) is 7.11 Å². The number of methoxy groups -OCH3 is 1. The molecule has 0 bridgehead atoms. The molecule has 5 rings (SSSR count). The van der Waals surface area contributed by atoms with Gasteiger partial charge < -0.3 is 13.6 Å². The quantitative estimate of drug-likeness (QED) is 0.283. The number of furan rings is 1. The number of hydrogen-bond donors (Lipinski definition) is 0. The van der Waals surface area contributed by atoms with Crippen molar-refractivity contribution in [2.45, 2.75) is 0 Å².